The summed E-state index contributed by atoms with van der Waals surface area (Å²) in [6, 6.07) is 0.438. The second kappa shape index (κ2) is 6.77. The van der Waals surface area contributed by atoms with Crippen LogP contribution in [0, 0.1) is 11.3 Å². The summed E-state index contributed by atoms with van der Waals surface area (Å²) in [5.41, 5.74) is 0.171. The minimum atomic E-state index is 0.171. The summed E-state index contributed by atoms with van der Waals surface area (Å²) in [5.74, 6) is 1.51. The molecule has 23 heavy (non-hydrogen) atoms. The van der Waals surface area contributed by atoms with E-state index in [1.165, 1.54) is 9.88 Å². The fraction of sp³-hybridized carbons (Fsp3) is 0.765. The Morgan fingerprint density at radius 3 is 3.04 bits per heavy atom. The van der Waals surface area contributed by atoms with Crippen LogP contribution in [0.5, 0.6) is 0 Å². The average Bonchev–Trinajstić information content (AvgIpc) is 3.18. The quantitative estimate of drug-likeness (QED) is 0.639. The largest absolute Gasteiger partial charge is 0.377 e. The van der Waals surface area contributed by atoms with Crippen molar-refractivity contribution in [3.8, 4) is 0 Å². The van der Waals surface area contributed by atoms with Gasteiger partial charge in [0.05, 0.1) is 11.1 Å². The zero-order valence-corrected chi connectivity index (χ0v) is 15.4. The minimum Gasteiger partial charge on any atom is -0.377 e. The molecular weight excluding hydrogens is 308 g/mol. The van der Waals surface area contributed by atoms with E-state index in [4.69, 9.17) is 4.74 Å². The van der Waals surface area contributed by atoms with Gasteiger partial charge in [0.25, 0.3) is 0 Å². The molecule has 2 heterocycles. The van der Waals surface area contributed by atoms with Gasteiger partial charge in [-0.2, -0.15) is 0 Å². The minimum absolute atomic E-state index is 0.171. The Hall–Kier alpha value is -1.14. The summed E-state index contributed by atoms with van der Waals surface area (Å²) in [6.07, 6.45) is 5.55. The number of guanidine groups is 1. The number of aromatic nitrogens is 1. The normalized spacial score (nSPS) is 29.0. The van der Waals surface area contributed by atoms with Crippen molar-refractivity contribution in [3.05, 3.63) is 16.1 Å². The molecule has 2 aliphatic rings. The lowest BCUT2D eigenvalue weighted by atomic mass is 9.57. The molecule has 1 aliphatic carbocycles. The third kappa shape index (κ3) is 3.24. The fourth-order valence-electron chi connectivity index (χ4n) is 3.87. The number of nitrogens with one attached hydrogen (secondary N) is 2. The second-order valence-corrected chi connectivity index (χ2v) is 8.21. The zero-order chi connectivity index (χ0) is 16.4. The molecule has 1 saturated heterocycles. The van der Waals surface area contributed by atoms with Gasteiger partial charge in [0.15, 0.2) is 5.96 Å². The van der Waals surface area contributed by atoms with Crippen molar-refractivity contribution in [2.45, 2.75) is 52.2 Å². The molecule has 3 atom stereocenters. The number of fused-ring (bicyclic) bond motifs is 1. The molecule has 2 fully saturated rings. The Morgan fingerprint density at radius 1 is 1.52 bits per heavy atom. The molecule has 0 radical (unpaired) electrons. The lowest BCUT2D eigenvalue weighted by molar-refractivity contribution is -0.106. The van der Waals surface area contributed by atoms with Crippen LogP contribution in [0.4, 0.5) is 0 Å². The van der Waals surface area contributed by atoms with Crippen LogP contribution in [-0.4, -0.2) is 43.3 Å². The summed E-state index contributed by atoms with van der Waals surface area (Å²) >= 11 is 1.81. The molecule has 1 aliphatic heterocycles. The van der Waals surface area contributed by atoms with Crippen molar-refractivity contribution in [2.24, 2.45) is 16.3 Å². The van der Waals surface area contributed by atoms with Crippen molar-refractivity contribution in [1.82, 2.24) is 15.6 Å². The molecule has 6 heteroatoms. The highest BCUT2D eigenvalue weighted by atomic mass is 32.1. The Bertz CT molecular complexity index is 569. The first-order chi connectivity index (χ1) is 11.1. The molecule has 0 bridgehead atoms. The predicted molar refractivity (Wildman–Crippen MR) is 95.1 cm³/mol. The predicted octanol–water partition coefficient (Wildman–Crippen LogP) is 2.23. The van der Waals surface area contributed by atoms with Crippen LogP contribution in [0.15, 0.2) is 11.2 Å². The third-order valence-corrected chi connectivity index (χ3v) is 6.40. The summed E-state index contributed by atoms with van der Waals surface area (Å²) in [7, 11) is 1.84. The highest BCUT2D eigenvalue weighted by Crippen LogP contribution is 2.52. The van der Waals surface area contributed by atoms with E-state index in [1.807, 2.05) is 13.2 Å². The second-order valence-electron chi connectivity index (χ2n) is 7.01. The maximum atomic E-state index is 5.86. The monoisotopic (exact) mass is 336 g/mol. The lowest BCUT2D eigenvalue weighted by Gasteiger charge is -2.54. The number of hydrogen-bond donors (Lipinski definition) is 2. The number of nitrogens with zero attached hydrogens (tertiary/aromatic N) is 2. The van der Waals surface area contributed by atoms with Crippen LogP contribution in [0.25, 0.3) is 0 Å². The number of aryl methyl sites for hydroxylation is 1. The van der Waals surface area contributed by atoms with Gasteiger partial charge in [-0.15, -0.1) is 11.3 Å². The standard InChI is InChI=1S/C17H28N4OS/c1-5-11-10-20-13(23-11)6-8-19-16(18-4)21-14-12-7-9-22-15(12)17(14,2)3/h10,12,14-15H,5-9H2,1-4H3,(H2,18,19,21). The van der Waals surface area contributed by atoms with Crippen LogP contribution in [-0.2, 0) is 17.6 Å². The SMILES string of the molecule is CCc1cnc(CCNC(=NC)NC2C3CCOC3C2(C)C)s1. The summed E-state index contributed by atoms with van der Waals surface area (Å²) in [6.45, 7) is 8.49. The molecule has 3 unspecified atom stereocenters. The molecule has 1 aromatic rings. The van der Waals surface area contributed by atoms with Crippen LogP contribution >= 0.6 is 11.3 Å². The molecular formula is C17H28N4OS. The Balaban J connectivity index is 1.49. The smallest absolute Gasteiger partial charge is 0.191 e. The van der Waals surface area contributed by atoms with Crippen molar-refractivity contribution in [2.75, 3.05) is 20.2 Å². The van der Waals surface area contributed by atoms with Crippen molar-refractivity contribution in [3.63, 3.8) is 0 Å². The van der Waals surface area contributed by atoms with E-state index in [0.717, 1.165) is 38.4 Å². The highest BCUT2D eigenvalue weighted by molar-refractivity contribution is 7.11. The van der Waals surface area contributed by atoms with Gasteiger partial charge in [-0.05, 0) is 12.8 Å². The van der Waals surface area contributed by atoms with E-state index in [1.54, 1.807) is 11.3 Å². The highest BCUT2D eigenvalue weighted by Gasteiger charge is 2.59. The van der Waals surface area contributed by atoms with Gasteiger partial charge in [-0.25, -0.2) is 4.98 Å². The Labute approximate surface area is 142 Å². The van der Waals surface area contributed by atoms with Crippen LogP contribution < -0.4 is 10.6 Å². The van der Waals surface area contributed by atoms with Crippen LogP contribution in [0.1, 0.15) is 37.1 Å². The maximum absolute atomic E-state index is 5.86. The van der Waals surface area contributed by atoms with Crippen molar-refractivity contribution >= 4 is 17.3 Å². The number of ether oxygens (including phenoxy) is 1. The molecule has 128 valence electrons. The van der Waals surface area contributed by atoms with Gasteiger partial charge in [0.1, 0.15) is 0 Å². The average molecular weight is 337 g/mol. The maximum Gasteiger partial charge on any atom is 0.191 e. The Morgan fingerprint density at radius 2 is 2.35 bits per heavy atom. The van der Waals surface area contributed by atoms with Gasteiger partial charge < -0.3 is 15.4 Å². The van der Waals surface area contributed by atoms with Crippen LogP contribution in [0.3, 0.4) is 0 Å². The molecule has 0 amide bonds. The summed E-state index contributed by atoms with van der Waals surface area (Å²) in [4.78, 5) is 10.2. The number of aliphatic imine (C=N–C) groups is 1. The molecule has 3 rings (SSSR count). The first-order valence-electron chi connectivity index (χ1n) is 8.58. The third-order valence-electron chi connectivity index (χ3n) is 5.20. The number of thiazole rings is 1. The van der Waals surface area contributed by atoms with E-state index in [0.29, 0.717) is 18.1 Å². The topological polar surface area (TPSA) is 58.5 Å². The molecule has 1 saturated carbocycles. The summed E-state index contributed by atoms with van der Waals surface area (Å²) < 4.78 is 5.86. The zero-order valence-electron chi connectivity index (χ0n) is 14.6. The van der Waals surface area contributed by atoms with Gasteiger partial charge in [0, 0.05) is 55.1 Å². The molecule has 0 aromatic carbocycles. The lowest BCUT2D eigenvalue weighted by Crippen LogP contribution is -2.68. The van der Waals surface area contributed by atoms with Gasteiger partial charge in [0.2, 0.25) is 0 Å². The molecule has 1 aromatic heterocycles. The van der Waals surface area contributed by atoms with Crippen molar-refractivity contribution < 1.29 is 4.74 Å². The van der Waals surface area contributed by atoms with Gasteiger partial charge in [-0.1, -0.05) is 20.8 Å². The Kier molecular flexibility index (Phi) is 4.92. The van der Waals surface area contributed by atoms with E-state index in [-0.39, 0.29) is 5.41 Å². The van der Waals surface area contributed by atoms with Crippen LogP contribution in [0.2, 0.25) is 0 Å². The first-order valence-corrected chi connectivity index (χ1v) is 9.40. The summed E-state index contributed by atoms with van der Waals surface area (Å²) in [5, 5.41) is 8.23. The van der Waals surface area contributed by atoms with E-state index < -0.39 is 0 Å². The van der Waals surface area contributed by atoms with E-state index in [2.05, 4.69) is 41.4 Å². The first kappa shape index (κ1) is 16.7. The molecule has 2 N–H and O–H groups in total. The van der Waals surface area contributed by atoms with E-state index >= 15 is 0 Å². The number of rotatable bonds is 5. The molecule has 0 spiro atoms. The molecule has 5 nitrogen and oxygen atoms in total. The fourth-order valence-corrected chi connectivity index (χ4v) is 4.74. The van der Waals surface area contributed by atoms with E-state index in [9.17, 15) is 0 Å². The van der Waals surface area contributed by atoms with Crippen molar-refractivity contribution in [1.29, 1.82) is 0 Å². The number of hydrogen-bond acceptors (Lipinski definition) is 4. The van der Waals surface area contributed by atoms with Gasteiger partial charge in [-0.3, -0.25) is 4.99 Å². The van der Waals surface area contributed by atoms with Gasteiger partial charge >= 0.3 is 0 Å².